The minimum atomic E-state index is -3.95. The van der Waals surface area contributed by atoms with E-state index in [0.717, 1.165) is 10.2 Å². The van der Waals surface area contributed by atoms with Crippen molar-refractivity contribution in [1.29, 1.82) is 0 Å². The number of ether oxygens (including phenoxy) is 1. The molecule has 2 aromatic heterocycles. The topological polar surface area (TPSA) is 74.1 Å². The van der Waals surface area contributed by atoms with Crippen LogP contribution in [-0.2, 0) is 10.0 Å². The molecule has 0 saturated heterocycles. The quantitative estimate of drug-likeness (QED) is 0.429. The van der Waals surface area contributed by atoms with Gasteiger partial charge in [0.2, 0.25) is 5.28 Å². The zero-order chi connectivity index (χ0) is 20.6. The van der Waals surface area contributed by atoms with Gasteiger partial charge in [-0.3, -0.25) is 0 Å². The van der Waals surface area contributed by atoms with Crippen LogP contribution in [0.5, 0.6) is 5.75 Å². The Morgan fingerprint density at radius 3 is 2.45 bits per heavy atom. The highest BCUT2D eigenvalue weighted by Gasteiger charge is 2.24. The number of halogens is 3. The average Bonchev–Trinajstić information content (AvgIpc) is 3.10. The molecule has 0 N–H and O–H groups in total. The van der Waals surface area contributed by atoms with Crippen LogP contribution in [0, 0.1) is 0 Å². The molecule has 0 atom stereocenters. The number of rotatable bonds is 5. The van der Waals surface area contributed by atoms with Gasteiger partial charge >= 0.3 is 6.61 Å². The maximum absolute atomic E-state index is 13.2. The molecule has 10 heteroatoms. The van der Waals surface area contributed by atoms with Crippen molar-refractivity contribution in [3.05, 3.63) is 72.3 Å². The molecule has 2 heterocycles. The fraction of sp³-hybridized carbons (Fsp3) is 0.0526. The zero-order valence-corrected chi connectivity index (χ0v) is 16.1. The highest BCUT2D eigenvalue weighted by atomic mass is 35.5. The van der Waals surface area contributed by atoms with E-state index in [1.807, 2.05) is 0 Å². The highest BCUT2D eigenvalue weighted by Crippen LogP contribution is 2.37. The van der Waals surface area contributed by atoms with Gasteiger partial charge in [-0.1, -0.05) is 36.4 Å². The van der Waals surface area contributed by atoms with Crippen LogP contribution in [0.25, 0.3) is 22.2 Å². The van der Waals surface area contributed by atoms with Crippen LogP contribution in [0.15, 0.2) is 71.9 Å². The van der Waals surface area contributed by atoms with Crippen LogP contribution in [0.1, 0.15) is 0 Å². The second-order valence-electron chi connectivity index (χ2n) is 5.90. The fourth-order valence-electron chi connectivity index (χ4n) is 2.97. The first-order valence-corrected chi connectivity index (χ1v) is 10.1. The van der Waals surface area contributed by atoms with Gasteiger partial charge in [0.15, 0.2) is 5.75 Å². The molecule has 0 aliphatic carbocycles. The summed E-state index contributed by atoms with van der Waals surface area (Å²) in [7, 11) is -3.95. The summed E-state index contributed by atoms with van der Waals surface area (Å²) in [6.07, 6.45) is 2.33. The number of hydrogen-bond acceptors (Lipinski definition) is 5. The molecule has 0 aliphatic rings. The van der Waals surface area contributed by atoms with Crippen LogP contribution in [0.2, 0.25) is 5.28 Å². The van der Waals surface area contributed by atoms with Crippen molar-refractivity contribution < 1.29 is 21.9 Å². The molecule has 0 amide bonds. The van der Waals surface area contributed by atoms with Crippen LogP contribution in [0.3, 0.4) is 0 Å². The number of para-hydroxylation sites is 1. The van der Waals surface area contributed by atoms with E-state index in [-0.39, 0.29) is 27.2 Å². The molecule has 2 aromatic carbocycles. The van der Waals surface area contributed by atoms with Gasteiger partial charge in [0, 0.05) is 17.1 Å². The van der Waals surface area contributed by atoms with Gasteiger partial charge in [-0.05, 0) is 29.8 Å². The zero-order valence-electron chi connectivity index (χ0n) is 14.5. The predicted octanol–water partition coefficient (Wildman–Crippen LogP) is 4.59. The average molecular weight is 436 g/mol. The molecule has 0 fully saturated rings. The Morgan fingerprint density at radius 2 is 1.72 bits per heavy atom. The van der Waals surface area contributed by atoms with Crippen molar-refractivity contribution in [2.24, 2.45) is 0 Å². The van der Waals surface area contributed by atoms with Crippen molar-refractivity contribution >= 4 is 32.5 Å². The van der Waals surface area contributed by atoms with E-state index in [4.69, 9.17) is 11.6 Å². The Kier molecular flexibility index (Phi) is 4.93. The maximum atomic E-state index is 13.2. The second-order valence-corrected chi connectivity index (χ2v) is 8.06. The Labute approximate surface area is 169 Å². The summed E-state index contributed by atoms with van der Waals surface area (Å²) in [5, 5.41) is 0.283. The monoisotopic (exact) mass is 435 g/mol. The minimum absolute atomic E-state index is 0.0384. The van der Waals surface area contributed by atoms with E-state index in [9.17, 15) is 17.2 Å². The van der Waals surface area contributed by atoms with E-state index in [1.54, 1.807) is 42.5 Å². The largest absolute Gasteiger partial charge is 0.431 e. The number of aromatic nitrogens is 3. The normalized spacial score (nSPS) is 11.9. The van der Waals surface area contributed by atoms with Crippen LogP contribution >= 0.6 is 11.6 Å². The lowest BCUT2D eigenvalue weighted by Gasteiger charge is -2.09. The summed E-state index contributed by atoms with van der Waals surface area (Å²) in [5.41, 5.74) is 0.577. The summed E-state index contributed by atoms with van der Waals surface area (Å²) >= 11 is 5.86. The van der Waals surface area contributed by atoms with Crippen molar-refractivity contribution in [3.8, 4) is 17.0 Å². The number of benzene rings is 2. The van der Waals surface area contributed by atoms with E-state index in [1.165, 1.54) is 18.3 Å². The van der Waals surface area contributed by atoms with Gasteiger partial charge in [-0.25, -0.2) is 22.4 Å². The third-order valence-corrected chi connectivity index (χ3v) is 6.04. The third-order valence-electron chi connectivity index (χ3n) is 4.17. The standard InChI is InChI=1S/C19H12ClF2N3O3S/c20-18-23-10-16(28-19(21)22)17(24-18)14-11-25(15-9-5-4-8-13(14)15)29(26,27)12-6-2-1-3-7-12/h1-11,19H. The molecule has 0 radical (unpaired) electrons. The lowest BCUT2D eigenvalue weighted by atomic mass is 10.1. The van der Waals surface area contributed by atoms with Gasteiger partial charge in [0.05, 0.1) is 16.6 Å². The van der Waals surface area contributed by atoms with Gasteiger partial charge in [0.1, 0.15) is 5.69 Å². The van der Waals surface area contributed by atoms with E-state index in [2.05, 4.69) is 14.7 Å². The van der Waals surface area contributed by atoms with E-state index >= 15 is 0 Å². The Hall–Kier alpha value is -3.04. The van der Waals surface area contributed by atoms with Crippen molar-refractivity contribution in [1.82, 2.24) is 13.9 Å². The lowest BCUT2D eigenvalue weighted by molar-refractivity contribution is -0.0498. The number of hydrogen-bond donors (Lipinski definition) is 0. The number of fused-ring (bicyclic) bond motifs is 1. The van der Waals surface area contributed by atoms with Crippen molar-refractivity contribution in [3.63, 3.8) is 0 Å². The van der Waals surface area contributed by atoms with E-state index < -0.39 is 16.6 Å². The number of alkyl halides is 2. The third kappa shape index (κ3) is 3.54. The van der Waals surface area contributed by atoms with E-state index in [0.29, 0.717) is 10.9 Å². The molecule has 0 spiro atoms. The molecule has 0 bridgehead atoms. The summed E-state index contributed by atoms with van der Waals surface area (Å²) < 4.78 is 57.6. The summed E-state index contributed by atoms with van der Waals surface area (Å²) in [5.74, 6) is -0.315. The van der Waals surface area contributed by atoms with Crippen LogP contribution in [-0.4, -0.2) is 29.0 Å². The van der Waals surface area contributed by atoms with Gasteiger partial charge < -0.3 is 4.74 Å². The molecule has 6 nitrogen and oxygen atoms in total. The molecule has 29 heavy (non-hydrogen) atoms. The molecule has 0 aliphatic heterocycles. The molecule has 0 unspecified atom stereocenters. The smallest absolute Gasteiger partial charge is 0.387 e. The molecule has 148 valence electrons. The molecule has 4 aromatic rings. The first-order chi connectivity index (χ1) is 13.9. The minimum Gasteiger partial charge on any atom is -0.431 e. The molecule has 4 rings (SSSR count). The van der Waals surface area contributed by atoms with Gasteiger partial charge in [0.25, 0.3) is 10.0 Å². The molecule has 0 saturated carbocycles. The predicted molar refractivity (Wildman–Crippen MR) is 104 cm³/mol. The first kappa shape index (κ1) is 19.3. The molecular formula is C19H12ClF2N3O3S. The van der Waals surface area contributed by atoms with Crippen LogP contribution < -0.4 is 4.74 Å². The summed E-state index contributed by atoms with van der Waals surface area (Å²) in [4.78, 5) is 7.76. The first-order valence-electron chi connectivity index (χ1n) is 8.26. The Balaban J connectivity index is 2.00. The lowest BCUT2D eigenvalue weighted by Crippen LogP contribution is -2.11. The summed E-state index contributed by atoms with van der Waals surface area (Å²) in [6.45, 7) is -3.11. The summed E-state index contributed by atoms with van der Waals surface area (Å²) in [6, 6.07) is 14.5. The van der Waals surface area contributed by atoms with Crippen LogP contribution in [0.4, 0.5) is 8.78 Å². The SMILES string of the molecule is O=S(=O)(c1ccccc1)n1cc(-c2nc(Cl)ncc2OC(F)F)c2ccccc21. The number of nitrogens with zero attached hydrogens (tertiary/aromatic N) is 3. The van der Waals surface area contributed by atoms with Gasteiger partial charge in [-0.15, -0.1) is 0 Å². The Morgan fingerprint density at radius 1 is 1.03 bits per heavy atom. The highest BCUT2D eigenvalue weighted by molar-refractivity contribution is 7.90. The van der Waals surface area contributed by atoms with Crippen molar-refractivity contribution in [2.45, 2.75) is 11.5 Å². The maximum Gasteiger partial charge on any atom is 0.387 e. The van der Waals surface area contributed by atoms with Gasteiger partial charge in [-0.2, -0.15) is 8.78 Å². The molecular weight excluding hydrogens is 424 g/mol. The van der Waals surface area contributed by atoms with Crippen molar-refractivity contribution in [2.75, 3.05) is 0 Å². The Bertz CT molecular complexity index is 1290. The fourth-order valence-corrected chi connectivity index (χ4v) is 4.49. The second kappa shape index (κ2) is 7.41.